The van der Waals surface area contributed by atoms with Crippen LogP contribution in [0.1, 0.15) is 46.4 Å². The summed E-state index contributed by atoms with van der Waals surface area (Å²) in [6.45, 7) is 15.0. The van der Waals surface area contributed by atoms with E-state index in [9.17, 15) is 9.59 Å². The Labute approximate surface area is 165 Å². The summed E-state index contributed by atoms with van der Waals surface area (Å²) in [5.41, 5.74) is 2.15. The minimum absolute atomic E-state index is 0.131. The molecule has 0 radical (unpaired) electrons. The molecule has 0 aliphatic carbocycles. The molecular formula is C22H22N4O2. The third kappa shape index (κ3) is 6.59. The van der Waals surface area contributed by atoms with Crippen molar-refractivity contribution < 1.29 is 9.59 Å². The molecule has 6 nitrogen and oxygen atoms in total. The molecule has 28 heavy (non-hydrogen) atoms. The Kier molecular flexibility index (Phi) is 8.23. The summed E-state index contributed by atoms with van der Waals surface area (Å²) in [7, 11) is 0. The van der Waals surface area contributed by atoms with Gasteiger partial charge in [0.25, 0.3) is 11.8 Å². The van der Waals surface area contributed by atoms with E-state index in [-0.39, 0.29) is 11.8 Å². The van der Waals surface area contributed by atoms with Crippen molar-refractivity contribution in [2.24, 2.45) is 0 Å². The number of carbonyl (C=O) groups excluding carboxylic acids is 2. The monoisotopic (exact) mass is 374 g/mol. The zero-order valence-electron chi connectivity index (χ0n) is 15.6. The fourth-order valence-corrected chi connectivity index (χ4v) is 2.59. The van der Waals surface area contributed by atoms with Crippen molar-refractivity contribution >= 4 is 23.2 Å². The van der Waals surface area contributed by atoms with Crippen molar-refractivity contribution in [3.05, 3.63) is 82.5 Å². The lowest BCUT2D eigenvalue weighted by atomic mass is 10.1. The highest BCUT2D eigenvalue weighted by atomic mass is 16.2. The Hall–Kier alpha value is -3.64. The minimum Gasteiger partial charge on any atom is -0.352 e. The number of carbonyl (C=O) groups is 2. The maximum Gasteiger partial charge on any atom is 0.251 e. The van der Waals surface area contributed by atoms with E-state index in [1.807, 2.05) is 0 Å². The van der Waals surface area contributed by atoms with Crippen LogP contribution in [0.25, 0.3) is 9.69 Å². The van der Waals surface area contributed by atoms with Crippen LogP contribution >= 0.6 is 0 Å². The van der Waals surface area contributed by atoms with Gasteiger partial charge < -0.3 is 10.6 Å². The second kappa shape index (κ2) is 11.2. The van der Waals surface area contributed by atoms with Gasteiger partial charge in [-0.25, -0.2) is 9.69 Å². The van der Waals surface area contributed by atoms with E-state index < -0.39 is 0 Å². The molecule has 0 fully saturated rings. The molecule has 0 saturated carbocycles. The largest absolute Gasteiger partial charge is 0.352 e. The summed E-state index contributed by atoms with van der Waals surface area (Å²) >= 11 is 0. The first kappa shape index (κ1) is 20.7. The van der Waals surface area contributed by atoms with Crippen molar-refractivity contribution in [1.29, 1.82) is 0 Å². The minimum atomic E-state index is -0.131. The highest BCUT2D eigenvalue weighted by Gasteiger charge is 2.05. The summed E-state index contributed by atoms with van der Waals surface area (Å²) in [4.78, 5) is 30.6. The van der Waals surface area contributed by atoms with Gasteiger partial charge in [0.15, 0.2) is 11.4 Å². The third-order valence-electron chi connectivity index (χ3n) is 4.19. The lowest BCUT2D eigenvalue weighted by molar-refractivity contribution is 0.0943. The molecular weight excluding hydrogens is 352 g/mol. The van der Waals surface area contributed by atoms with Crippen LogP contribution in [-0.4, -0.2) is 24.9 Å². The van der Waals surface area contributed by atoms with E-state index in [4.69, 9.17) is 13.1 Å². The van der Waals surface area contributed by atoms with Gasteiger partial charge in [-0.05, 0) is 12.8 Å². The molecule has 142 valence electrons. The molecule has 0 heterocycles. The average Bonchev–Trinajstić information content (AvgIpc) is 2.75. The van der Waals surface area contributed by atoms with E-state index in [2.05, 4.69) is 20.3 Å². The number of hydrogen-bond donors (Lipinski definition) is 2. The SMILES string of the molecule is [C-]#[N+]c1ccc(C(=O)NCCCCCCNC(=O)c2ccc([N+]#[C-])cc2)cc1. The van der Waals surface area contributed by atoms with Crippen LogP contribution in [0.15, 0.2) is 48.5 Å². The number of amides is 2. The van der Waals surface area contributed by atoms with E-state index in [1.165, 1.54) is 0 Å². The summed E-state index contributed by atoms with van der Waals surface area (Å²) < 4.78 is 0. The lowest BCUT2D eigenvalue weighted by Gasteiger charge is -2.07. The zero-order valence-corrected chi connectivity index (χ0v) is 15.6. The Balaban J connectivity index is 1.54. The molecule has 0 saturated heterocycles. The van der Waals surface area contributed by atoms with Crippen LogP contribution < -0.4 is 10.6 Å². The van der Waals surface area contributed by atoms with Gasteiger partial charge in [-0.2, -0.15) is 0 Å². The first-order valence-electron chi connectivity index (χ1n) is 9.15. The summed E-state index contributed by atoms with van der Waals surface area (Å²) in [5, 5.41) is 5.74. The van der Waals surface area contributed by atoms with Crippen molar-refractivity contribution in [3.63, 3.8) is 0 Å². The van der Waals surface area contributed by atoms with E-state index in [0.29, 0.717) is 35.6 Å². The Morgan fingerprint density at radius 3 is 1.32 bits per heavy atom. The van der Waals surface area contributed by atoms with Crippen LogP contribution in [0.4, 0.5) is 11.4 Å². The lowest BCUT2D eigenvalue weighted by Crippen LogP contribution is -2.25. The van der Waals surface area contributed by atoms with Crippen molar-refractivity contribution in [2.75, 3.05) is 13.1 Å². The van der Waals surface area contributed by atoms with Gasteiger partial charge in [0, 0.05) is 24.2 Å². The zero-order chi connectivity index (χ0) is 20.2. The standard InChI is InChI=1S/C22H22N4O2/c1-23-19-11-7-17(8-12-19)21(27)25-15-5-3-4-6-16-26-22(28)18-9-13-20(24-2)14-10-18/h7-14H,3-6,15-16H2,(H,25,27)(H,26,28). The Morgan fingerprint density at radius 1 is 0.643 bits per heavy atom. The quantitative estimate of drug-likeness (QED) is 0.501. The van der Waals surface area contributed by atoms with Gasteiger partial charge in [0.2, 0.25) is 0 Å². The summed E-state index contributed by atoms with van der Waals surface area (Å²) in [6, 6.07) is 13.2. The Morgan fingerprint density at radius 2 is 1.00 bits per heavy atom. The highest BCUT2D eigenvalue weighted by molar-refractivity contribution is 5.95. The number of rotatable bonds is 9. The van der Waals surface area contributed by atoms with Gasteiger partial charge in [-0.3, -0.25) is 9.59 Å². The van der Waals surface area contributed by atoms with Crippen LogP contribution in [0.3, 0.4) is 0 Å². The highest BCUT2D eigenvalue weighted by Crippen LogP contribution is 2.13. The second-order valence-corrected chi connectivity index (χ2v) is 6.24. The van der Waals surface area contributed by atoms with Gasteiger partial charge in [-0.15, -0.1) is 0 Å². The molecule has 0 aliphatic heterocycles. The fourth-order valence-electron chi connectivity index (χ4n) is 2.59. The molecule has 2 aromatic rings. The molecule has 2 rings (SSSR count). The van der Waals surface area contributed by atoms with Crippen LogP contribution in [0, 0.1) is 13.1 Å². The topological polar surface area (TPSA) is 66.9 Å². The van der Waals surface area contributed by atoms with Crippen molar-refractivity contribution in [2.45, 2.75) is 25.7 Å². The van der Waals surface area contributed by atoms with Crippen molar-refractivity contribution in [3.8, 4) is 0 Å². The third-order valence-corrected chi connectivity index (χ3v) is 4.19. The normalized spacial score (nSPS) is 9.79. The smallest absolute Gasteiger partial charge is 0.251 e. The van der Waals surface area contributed by atoms with Gasteiger partial charge in [0.05, 0.1) is 13.1 Å². The summed E-state index contributed by atoms with van der Waals surface area (Å²) in [6.07, 6.45) is 3.68. The number of unbranched alkanes of at least 4 members (excludes halogenated alkanes) is 3. The Bertz CT molecular complexity index is 799. The number of benzene rings is 2. The molecule has 2 aromatic carbocycles. The summed E-state index contributed by atoms with van der Waals surface area (Å²) in [5.74, 6) is -0.263. The van der Waals surface area contributed by atoms with E-state index in [0.717, 1.165) is 25.7 Å². The number of nitrogens with one attached hydrogen (secondary N) is 2. The molecule has 0 aromatic heterocycles. The van der Waals surface area contributed by atoms with E-state index in [1.54, 1.807) is 48.5 Å². The molecule has 0 unspecified atom stereocenters. The van der Waals surface area contributed by atoms with Gasteiger partial charge in [-0.1, -0.05) is 61.4 Å². The fraction of sp³-hybridized carbons (Fsp3) is 0.273. The maximum atomic E-state index is 12.0. The van der Waals surface area contributed by atoms with E-state index >= 15 is 0 Å². The van der Waals surface area contributed by atoms with Gasteiger partial charge >= 0.3 is 0 Å². The predicted molar refractivity (Wildman–Crippen MR) is 109 cm³/mol. The van der Waals surface area contributed by atoms with Gasteiger partial charge in [0.1, 0.15) is 0 Å². The van der Waals surface area contributed by atoms with Crippen LogP contribution in [-0.2, 0) is 0 Å². The number of hydrogen-bond acceptors (Lipinski definition) is 2. The van der Waals surface area contributed by atoms with Crippen molar-refractivity contribution in [1.82, 2.24) is 10.6 Å². The molecule has 0 aliphatic rings. The number of nitrogens with zero attached hydrogens (tertiary/aromatic N) is 2. The van der Waals surface area contributed by atoms with Crippen LogP contribution in [0.2, 0.25) is 0 Å². The predicted octanol–water partition coefficient (Wildman–Crippen LogP) is 4.51. The molecule has 2 N–H and O–H groups in total. The maximum absolute atomic E-state index is 12.0. The van der Waals surface area contributed by atoms with Crippen LogP contribution in [0.5, 0.6) is 0 Å². The first-order chi connectivity index (χ1) is 13.6. The molecule has 0 spiro atoms. The molecule has 0 bridgehead atoms. The second-order valence-electron chi connectivity index (χ2n) is 6.24. The molecule has 6 heteroatoms. The molecule has 2 amide bonds. The average molecular weight is 374 g/mol. The first-order valence-corrected chi connectivity index (χ1v) is 9.15. The molecule has 0 atom stereocenters.